The monoisotopic (exact) mass is 745 g/mol. The molecule has 9 aromatic carbocycles. The molecule has 10 aromatic rings. The van der Waals surface area contributed by atoms with E-state index >= 15 is 0 Å². The van der Waals surface area contributed by atoms with Crippen molar-refractivity contribution in [2.75, 3.05) is 4.90 Å². The molecule has 1 aliphatic carbocycles. The Hall–Kier alpha value is -6.74. The molecule has 11 rings (SSSR count). The molecule has 0 saturated heterocycles. The van der Waals surface area contributed by atoms with E-state index in [9.17, 15) is 0 Å². The fourth-order valence-electron chi connectivity index (χ4n) is 9.21. The maximum absolute atomic E-state index is 2.51. The second-order valence-corrected chi connectivity index (χ2v) is 16.8. The normalized spacial score (nSPS) is 12.9. The van der Waals surface area contributed by atoms with Crippen LogP contribution in [0.3, 0.4) is 0 Å². The molecule has 0 saturated carbocycles. The van der Waals surface area contributed by atoms with Crippen LogP contribution in [0.2, 0.25) is 0 Å². The molecule has 0 radical (unpaired) electrons. The van der Waals surface area contributed by atoms with Gasteiger partial charge in [0.25, 0.3) is 0 Å². The molecule has 0 aliphatic heterocycles. The molecule has 1 aliphatic rings. The van der Waals surface area contributed by atoms with Crippen molar-refractivity contribution in [2.45, 2.75) is 19.3 Å². The summed E-state index contributed by atoms with van der Waals surface area (Å²) in [5.41, 5.74) is 16.0. The fourth-order valence-corrected chi connectivity index (χ4v) is 10.3. The summed E-state index contributed by atoms with van der Waals surface area (Å²) >= 11 is 1.87. The topological polar surface area (TPSA) is 3.24 Å². The van der Waals surface area contributed by atoms with Crippen molar-refractivity contribution < 1.29 is 0 Å². The SMILES string of the molecule is CC1(C)c2ccccc2-c2ccc(N(c3ccc4cc(-c5ccccc5)ccc4c3)c3ccc4sc5ccccc5c4c3-c3cccc(-c4ccccc4)c3)cc21. The third-order valence-corrected chi connectivity index (χ3v) is 13.2. The highest BCUT2D eigenvalue weighted by molar-refractivity contribution is 7.26. The first-order valence-electron chi connectivity index (χ1n) is 19.8. The highest BCUT2D eigenvalue weighted by Gasteiger charge is 2.36. The van der Waals surface area contributed by atoms with Gasteiger partial charge in [-0.3, -0.25) is 0 Å². The van der Waals surface area contributed by atoms with Crippen molar-refractivity contribution in [1.29, 1.82) is 0 Å². The van der Waals surface area contributed by atoms with Crippen LogP contribution in [-0.2, 0) is 5.41 Å². The minimum absolute atomic E-state index is 0.134. The molecular weight excluding hydrogens is 707 g/mol. The van der Waals surface area contributed by atoms with Gasteiger partial charge < -0.3 is 4.90 Å². The largest absolute Gasteiger partial charge is 0.310 e. The lowest BCUT2D eigenvalue weighted by atomic mass is 9.82. The number of rotatable bonds is 6. The Balaban J connectivity index is 1.18. The zero-order chi connectivity index (χ0) is 38.1. The van der Waals surface area contributed by atoms with Crippen LogP contribution in [0, 0.1) is 0 Å². The van der Waals surface area contributed by atoms with Gasteiger partial charge in [0.1, 0.15) is 0 Å². The van der Waals surface area contributed by atoms with E-state index in [0.29, 0.717) is 0 Å². The Bertz CT molecular complexity index is 3150. The molecule has 0 N–H and O–H groups in total. The fraction of sp³-hybridized carbons (Fsp3) is 0.0545. The summed E-state index contributed by atoms with van der Waals surface area (Å²) in [5, 5.41) is 5.02. The average Bonchev–Trinajstić information content (AvgIpc) is 3.76. The molecule has 57 heavy (non-hydrogen) atoms. The second-order valence-electron chi connectivity index (χ2n) is 15.7. The predicted octanol–water partition coefficient (Wildman–Crippen LogP) is 16.0. The number of benzene rings is 9. The molecule has 270 valence electrons. The smallest absolute Gasteiger partial charge is 0.0547 e. The number of anilines is 3. The lowest BCUT2D eigenvalue weighted by molar-refractivity contribution is 0.660. The number of fused-ring (bicyclic) bond motifs is 7. The highest BCUT2D eigenvalue weighted by atomic mass is 32.1. The van der Waals surface area contributed by atoms with Gasteiger partial charge in [-0.05, 0) is 115 Å². The Morgan fingerprint density at radius 3 is 1.84 bits per heavy atom. The van der Waals surface area contributed by atoms with Crippen LogP contribution in [0.1, 0.15) is 25.0 Å². The minimum atomic E-state index is -0.134. The molecule has 0 bridgehead atoms. The van der Waals surface area contributed by atoms with E-state index in [1.165, 1.54) is 86.6 Å². The highest BCUT2D eigenvalue weighted by Crippen LogP contribution is 2.53. The van der Waals surface area contributed by atoms with E-state index in [0.717, 1.165) is 17.1 Å². The summed E-state index contributed by atoms with van der Waals surface area (Å²) in [5.74, 6) is 0. The van der Waals surface area contributed by atoms with Gasteiger partial charge in [0.05, 0.1) is 5.69 Å². The van der Waals surface area contributed by atoms with Crippen LogP contribution in [-0.4, -0.2) is 0 Å². The van der Waals surface area contributed by atoms with Crippen LogP contribution in [0.5, 0.6) is 0 Å². The lowest BCUT2D eigenvalue weighted by Gasteiger charge is -2.30. The first kappa shape index (κ1) is 33.6. The standard InChI is InChI=1S/C55H39NS/c1-55(2)48-22-11-9-20-45(48)46-29-28-44(35-49(46)55)56(43-27-26-40-32-39(24-25-41(40)34-43)37-16-7-4-8-17-37)50-30-31-52-54(47-21-10-12-23-51(47)57-52)53(50)42-19-13-18-38(33-42)36-14-5-3-6-15-36/h3-35H,1-2H3. The molecule has 1 aromatic heterocycles. The van der Waals surface area contributed by atoms with E-state index < -0.39 is 0 Å². The second kappa shape index (κ2) is 13.2. The molecule has 1 heterocycles. The van der Waals surface area contributed by atoms with E-state index in [1.54, 1.807) is 0 Å². The summed E-state index contributed by atoms with van der Waals surface area (Å²) in [6.45, 7) is 4.74. The molecule has 0 amide bonds. The van der Waals surface area contributed by atoms with Crippen LogP contribution >= 0.6 is 11.3 Å². The molecule has 0 spiro atoms. The van der Waals surface area contributed by atoms with Crippen LogP contribution < -0.4 is 4.90 Å². The van der Waals surface area contributed by atoms with Crippen LogP contribution in [0.25, 0.3) is 75.5 Å². The molecule has 2 heteroatoms. The van der Waals surface area contributed by atoms with Gasteiger partial charge >= 0.3 is 0 Å². The minimum Gasteiger partial charge on any atom is -0.310 e. The summed E-state index contributed by atoms with van der Waals surface area (Å²) in [6, 6.07) is 74.0. The summed E-state index contributed by atoms with van der Waals surface area (Å²) < 4.78 is 2.59. The third-order valence-electron chi connectivity index (χ3n) is 12.0. The van der Waals surface area contributed by atoms with E-state index in [2.05, 4.69) is 219 Å². The number of hydrogen-bond acceptors (Lipinski definition) is 2. The quantitative estimate of drug-likeness (QED) is 0.164. The lowest BCUT2D eigenvalue weighted by Crippen LogP contribution is -2.17. The Labute approximate surface area is 337 Å². The van der Waals surface area contributed by atoms with E-state index in [4.69, 9.17) is 0 Å². The Kier molecular flexibility index (Phi) is 7.77. The molecule has 1 nitrogen and oxygen atoms in total. The van der Waals surface area contributed by atoms with Gasteiger partial charge in [-0.1, -0.05) is 159 Å². The van der Waals surface area contributed by atoms with Crippen molar-refractivity contribution in [3.05, 3.63) is 211 Å². The average molecular weight is 746 g/mol. The first-order chi connectivity index (χ1) is 28.0. The predicted molar refractivity (Wildman–Crippen MR) is 245 cm³/mol. The number of nitrogens with zero attached hydrogens (tertiary/aromatic N) is 1. The first-order valence-corrected chi connectivity index (χ1v) is 20.6. The van der Waals surface area contributed by atoms with Gasteiger partial charge in [0, 0.05) is 42.5 Å². The zero-order valence-corrected chi connectivity index (χ0v) is 32.7. The third kappa shape index (κ3) is 5.51. The molecule has 0 fully saturated rings. The summed E-state index contributed by atoms with van der Waals surface area (Å²) in [7, 11) is 0. The van der Waals surface area contributed by atoms with Gasteiger partial charge in [-0.2, -0.15) is 0 Å². The number of thiophene rings is 1. The zero-order valence-electron chi connectivity index (χ0n) is 31.9. The van der Waals surface area contributed by atoms with Crippen molar-refractivity contribution in [1.82, 2.24) is 0 Å². The van der Waals surface area contributed by atoms with Crippen LogP contribution in [0.4, 0.5) is 17.1 Å². The van der Waals surface area contributed by atoms with Crippen molar-refractivity contribution in [2.24, 2.45) is 0 Å². The van der Waals surface area contributed by atoms with Gasteiger partial charge in [0.2, 0.25) is 0 Å². The van der Waals surface area contributed by atoms with Gasteiger partial charge in [0.15, 0.2) is 0 Å². The van der Waals surface area contributed by atoms with Crippen molar-refractivity contribution >= 4 is 59.3 Å². The maximum Gasteiger partial charge on any atom is 0.0547 e. The van der Waals surface area contributed by atoms with Crippen LogP contribution in [0.15, 0.2) is 200 Å². The Morgan fingerprint density at radius 1 is 0.404 bits per heavy atom. The van der Waals surface area contributed by atoms with Crippen molar-refractivity contribution in [3.63, 3.8) is 0 Å². The molecule has 0 unspecified atom stereocenters. The van der Waals surface area contributed by atoms with Gasteiger partial charge in [-0.15, -0.1) is 11.3 Å². The summed E-state index contributed by atoms with van der Waals surface area (Å²) in [4.78, 5) is 2.51. The van der Waals surface area contributed by atoms with E-state index in [1.807, 2.05) is 11.3 Å². The van der Waals surface area contributed by atoms with E-state index in [-0.39, 0.29) is 5.41 Å². The maximum atomic E-state index is 2.51. The molecular formula is C55H39NS. The van der Waals surface area contributed by atoms with Crippen molar-refractivity contribution in [3.8, 4) is 44.5 Å². The summed E-state index contributed by atoms with van der Waals surface area (Å²) in [6.07, 6.45) is 0. The van der Waals surface area contributed by atoms with Gasteiger partial charge in [-0.25, -0.2) is 0 Å². The Morgan fingerprint density at radius 2 is 1.02 bits per heavy atom. The molecule has 0 atom stereocenters. The number of hydrogen-bond donors (Lipinski definition) is 0.